The third kappa shape index (κ3) is 7.88. The molecule has 0 bridgehead atoms. The Labute approximate surface area is 507 Å². The lowest BCUT2D eigenvalue weighted by molar-refractivity contribution is 0.809. The fourth-order valence-corrected chi connectivity index (χ4v) is 14.8. The molecule has 0 amide bonds. The molecule has 1 spiro atoms. The largest absolute Gasteiger partial charge is 0.310 e. The van der Waals surface area contributed by atoms with Crippen molar-refractivity contribution in [3.63, 3.8) is 0 Å². The molecule has 0 saturated carbocycles. The van der Waals surface area contributed by atoms with Gasteiger partial charge in [-0.2, -0.15) is 0 Å². The topological polar surface area (TPSA) is 6.48 Å². The minimum atomic E-state index is -0.698. The molecule has 0 saturated heterocycles. The van der Waals surface area contributed by atoms with Crippen molar-refractivity contribution in [2.24, 2.45) is 0 Å². The van der Waals surface area contributed by atoms with Crippen molar-refractivity contribution in [3.05, 3.63) is 362 Å². The highest BCUT2D eigenvalue weighted by Gasteiger charge is 2.54. The number of benzene rings is 15. The van der Waals surface area contributed by atoms with Crippen molar-refractivity contribution in [1.29, 1.82) is 0 Å². The van der Waals surface area contributed by atoms with Crippen LogP contribution in [0, 0.1) is 0 Å². The van der Waals surface area contributed by atoms with Gasteiger partial charge in [-0.15, -0.1) is 0 Å². The van der Waals surface area contributed by atoms with Crippen LogP contribution >= 0.6 is 0 Å². The molecule has 0 radical (unpaired) electrons. The Hall–Kier alpha value is -11.3. The molecular formula is C85H56N2. The Morgan fingerprint density at radius 1 is 0.195 bits per heavy atom. The second-order valence-electron chi connectivity index (χ2n) is 23.0. The first-order valence-electron chi connectivity index (χ1n) is 30.2. The predicted octanol–water partition coefficient (Wildman–Crippen LogP) is 23.1. The van der Waals surface area contributed by atoms with Gasteiger partial charge in [0.1, 0.15) is 0 Å². The van der Waals surface area contributed by atoms with E-state index < -0.39 is 5.41 Å². The molecule has 0 atom stereocenters. The second kappa shape index (κ2) is 20.5. The highest BCUT2D eigenvalue weighted by atomic mass is 15.2. The van der Waals surface area contributed by atoms with E-state index in [1.54, 1.807) is 0 Å². The van der Waals surface area contributed by atoms with E-state index in [4.69, 9.17) is 0 Å². The van der Waals surface area contributed by atoms with Gasteiger partial charge in [0.2, 0.25) is 0 Å². The first kappa shape index (κ1) is 50.2. The van der Waals surface area contributed by atoms with Crippen LogP contribution in [-0.2, 0) is 5.41 Å². The van der Waals surface area contributed by atoms with Crippen LogP contribution in [0.1, 0.15) is 22.3 Å². The first-order valence-corrected chi connectivity index (χ1v) is 30.2. The fraction of sp³-hybridized carbons (Fsp3) is 0.0118. The van der Waals surface area contributed by atoms with Crippen molar-refractivity contribution in [2.45, 2.75) is 5.41 Å². The average Bonchev–Trinajstić information content (AvgIpc) is 1.50. The molecule has 87 heavy (non-hydrogen) atoms. The molecule has 0 aromatic heterocycles. The van der Waals surface area contributed by atoms with Gasteiger partial charge in [0.15, 0.2) is 0 Å². The minimum absolute atomic E-state index is 0.698. The number of fused-ring (bicyclic) bond motifs is 17. The monoisotopic (exact) mass is 1100 g/mol. The van der Waals surface area contributed by atoms with Gasteiger partial charge in [-0.3, -0.25) is 0 Å². The fourth-order valence-electron chi connectivity index (χ4n) is 14.8. The first-order chi connectivity index (χ1) is 43.2. The molecule has 0 aliphatic heterocycles. The van der Waals surface area contributed by atoms with E-state index in [0.29, 0.717) is 0 Å². The summed E-state index contributed by atoms with van der Waals surface area (Å²) in [6.45, 7) is 0. The van der Waals surface area contributed by atoms with Crippen LogP contribution in [0.15, 0.2) is 340 Å². The number of nitrogens with zero attached hydrogens (tertiary/aromatic N) is 2. The third-order valence-electron chi connectivity index (χ3n) is 18.4. The summed E-state index contributed by atoms with van der Waals surface area (Å²) in [5, 5.41) is 7.29. The van der Waals surface area contributed by atoms with Crippen LogP contribution in [0.25, 0.3) is 99.1 Å². The molecule has 2 heteroatoms. The number of hydrogen-bond donors (Lipinski definition) is 0. The van der Waals surface area contributed by atoms with Gasteiger partial charge in [0.05, 0.1) is 22.5 Å². The van der Waals surface area contributed by atoms with Crippen LogP contribution in [0.4, 0.5) is 34.1 Å². The Balaban J connectivity index is 0.975. The van der Waals surface area contributed by atoms with Crippen LogP contribution in [-0.4, -0.2) is 0 Å². The summed E-state index contributed by atoms with van der Waals surface area (Å²) in [7, 11) is 0. The van der Waals surface area contributed by atoms with E-state index in [-0.39, 0.29) is 0 Å². The van der Waals surface area contributed by atoms with Gasteiger partial charge >= 0.3 is 0 Å². The van der Waals surface area contributed by atoms with E-state index in [1.807, 2.05) is 0 Å². The van der Waals surface area contributed by atoms with E-state index in [9.17, 15) is 0 Å². The summed E-state index contributed by atoms with van der Waals surface area (Å²) in [5.41, 5.74) is 25.6. The van der Waals surface area contributed by atoms with Gasteiger partial charge in [-0.05, 0) is 172 Å². The molecule has 0 N–H and O–H groups in total. The molecule has 17 rings (SSSR count). The number of rotatable bonds is 10. The van der Waals surface area contributed by atoms with Crippen LogP contribution < -0.4 is 9.80 Å². The van der Waals surface area contributed by atoms with Crippen LogP contribution in [0.5, 0.6) is 0 Å². The quantitative estimate of drug-likeness (QED) is 0.126. The van der Waals surface area contributed by atoms with Gasteiger partial charge in [0, 0.05) is 33.6 Å². The van der Waals surface area contributed by atoms with Crippen molar-refractivity contribution in [1.82, 2.24) is 0 Å². The molecule has 0 unspecified atom stereocenters. The lowest BCUT2D eigenvalue weighted by Gasteiger charge is -2.34. The van der Waals surface area contributed by atoms with Crippen molar-refractivity contribution >= 4 is 66.4 Å². The maximum absolute atomic E-state index is 2.57. The van der Waals surface area contributed by atoms with E-state index in [0.717, 1.165) is 56.4 Å². The number of para-hydroxylation sites is 2. The highest BCUT2D eigenvalue weighted by molar-refractivity contribution is 6.23. The normalized spacial score (nSPS) is 12.5. The minimum Gasteiger partial charge on any atom is -0.310 e. The summed E-state index contributed by atoms with van der Waals surface area (Å²) >= 11 is 0. The van der Waals surface area contributed by atoms with Crippen molar-refractivity contribution in [2.75, 3.05) is 9.80 Å². The molecular weight excluding hydrogens is 1050 g/mol. The number of anilines is 6. The van der Waals surface area contributed by atoms with Gasteiger partial charge < -0.3 is 9.80 Å². The molecule has 0 heterocycles. The Bertz CT molecular complexity index is 5090. The summed E-state index contributed by atoms with van der Waals surface area (Å²) in [4.78, 5) is 5.00. The molecule has 0 fully saturated rings. The van der Waals surface area contributed by atoms with Crippen LogP contribution in [0.3, 0.4) is 0 Å². The Morgan fingerprint density at radius 3 is 1.15 bits per heavy atom. The highest BCUT2D eigenvalue weighted by Crippen LogP contribution is 2.68. The maximum atomic E-state index is 2.57. The lowest BCUT2D eigenvalue weighted by atomic mass is 9.68. The van der Waals surface area contributed by atoms with Gasteiger partial charge in [0.25, 0.3) is 0 Å². The summed E-state index contributed by atoms with van der Waals surface area (Å²) in [6, 6.07) is 126. The molecule has 406 valence electrons. The van der Waals surface area contributed by atoms with Crippen LogP contribution in [0.2, 0.25) is 0 Å². The Kier molecular flexibility index (Phi) is 11.8. The zero-order valence-electron chi connectivity index (χ0n) is 47.7. The zero-order valence-corrected chi connectivity index (χ0v) is 47.7. The summed E-state index contributed by atoms with van der Waals surface area (Å²) in [5.74, 6) is 0. The van der Waals surface area contributed by atoms with Crippen molar-refractivity contribution < 1.29 is 0 Å². The molecule has 2 nitrogen and oxygen atoms in total. The van der Waals surface area contributed by atoms with Gasteiger partial charge in [-0.1, -0.05) is 273 Å². The van der Waals surface area contributed by atoms with E-state index >= 15 is 0 Å². The standard InChI is InChI=1S/C85H56N2/c1-7-27-57(28-8-1)61-47-51-79(73(53-61)59-31-11-3-12-32-59)86(63-35-15-5-16-36-63)65-49-50-72-75(55-65)66-39-19-21-43-70(66)82-76-56-81(69-42-20-22-44-71(69)83(76)85(84(72)82)77-45-25-23-40-67(77)68-41-24-26-46-78(68)85)87(64-37-17-6-18-38-64)80-52-48-62(58-29-9-2-10-30-58)54-74(80)60-33-13-4-14-34-60/h1-56H. The second-order valence-corrected chi connectivity index (χ2v) is 23.0. The molecule has 2 aliphatic carbocycles. The molecule has 15 aromatic carbocycles. The average molecular weight is 1110 g/mol. The molecule has 2 aliphatic rings. The van der Waals surface area contributed by atoms with Crippen molar-refractivity contribution in [3.8, 4) is 66.8 Å². The van der Waals surface area contributed by atoms with Gasteiger partial charge in [-0.25, -0.2) is 0 Å². The number of hydrogen-bond acceptors (Lipinski definition) is 2. The maximum Gasteiger partial charge on any atom is 0.0737 e. The predicted molar refractivity (Wildman–Crippen MR) is 366 cm³/mol. The SMILES string of the molecule is c1ccc(-c2ccc(N(c3ccccc3)c3ccc4c5c(c6ccccc6c4c3)-c3cc(N(c4ccccc4)c4ccc(-c6ccccc6)cc4-c4ccccc4)c4ccccc4c3C53c4ccccc4-c4ccccc43)c(-c3ccccc3)c2)cc1. The third-order valence-corrected chi connectivity index (χ3v) is 18.4. The zero-order chi connectivity index (χ0) is 57.4. The van der Waals surface area contributed by atoms with E-state index in [1.165, 1.54) is 99.1 Å². The summed E-state index contributed by atoms with van der Waals surface area (Å²) < 4.78 is 0. The lowest BCUT2D eigenvalue weighted by Crippen LogP contribution is -2.27. The van der Waals surface area contributed by atoms with E-state index in [2.05, 4.69) is 350 Å². The Morgan fingerprint density at radius 2 is 0.609 bits per heavy atom. The molecule has 15 aromatic rings. The summed E-state index contributed by atoms with van der Waals surface area (Å²) in [6.07, 6.45) is 0. The smallest absolute Gasteiger partial charge is 0.0737 e.